The van der Waals surface area contributed by atoms with Crippen LogP contribution >= 0.6 is 0 Å². The third-order valence-electron chi connectivity index (χ3n) is 4.75. The molecule has 5 heteroatoms. The molecular formula is C18H20N4O. The fourth-order valence-corrected chi connectivity index (χ4v) is 3.49. The topological polar surface area (TPSA) is 66.6 Å². The Labute approximate surface area is 134 Å². The number of methoxy groups -OCH3 is 1. The van der Waals surface area contributed by atoms with E-state index in [4.69, 9.17) is 4.74 Å². The van der Waals surface area contributed by atoms with Gasteiger partial charge >= 0.3 is 0 Å². The number of hydrogen-bond donors (Lipinski definition) is 2. The maximum Gasteiger partial charge on any atom is 0.137 e. The van der Waals surface area contributed by atoms with E-state index in [1.165, 1.54) is 16.5 Å². The Morgan fingerprint density at radius 1 is 1.22 bits per heavy atom. The molecule has 4 rings (SSSR count). The molecule has 0 aromatic carbocycles. The minimum absolute atomic E-state index is 0.577. The van der Waals surface area contributed by atoms with E-state index >= 15 is 0 Å². The van der Waals surface area contributed by atoms with Crippen LogP contribution in [-0.4, -0.2) is 27.3 Å². The molecule has 1 saturated carbocycles. The number of H-pyrrole nitrogens is 2. The average Bonchev–Trinajstić information content (AvgIpc) is 3.24. The minimum atomic E-state index is 0.577. The normalized spacial score (nSPS) is 18.3. The predicted molar refractivity (Wildman–Crippen MR) is 90.0 cm³/mol. The van der Waals surface area contributed by atoms with E-state index in [2.05, 4.69) is 26.2 Å². The maximum atomic E-state index is 5.14. The highest BCUT2D eigenvalue weighted by Gasteiger charge is 2.20. The lowest BCUT2D eigenvalue weighted by molar-refractivity contribution is 0.326. The Hall–Kier alpha value is -2.56. The zero-order chi connectivity index (χ0) is 15.6. The van der Waals surface area contributed by atoms with E-state index in [1.807, 2.05) is 31.0 Å². The van der Waals surface area contributed by atoms with Gasteiger partial charge in [0.2, 0.25) is 0 Å². The van der Waals surface area contributed by atoms with Gasteiger partial charge in [-0.25, -0.2) is 4.98 Å². The first kappa shape index (κ1) is 14.1. The van der Waals surface area contributed by atoms with Crippen molar-refractivity contribution in [3.63, 3.8) is 0 Å². The molecular weight excluding hydrogens is 288 g/mol. The molecule has 3 aromatic heterocycles. The molecule has 0 unspecified atom stereocenters. The summed E-state index contributed by atoms with van der Waals surface area (Å²) in [5.74, 6) is 0.577. The van der Waals surface area contributed by atoms with E-state index in [1.54, 1.807) is 7.11 Å². The van der Waals surface area contributed by atoms with Crippen LogP contribution in [0.2, 0.25) is 0 Å². The van der Waals surface area contributed by atoms with E-state index < -0.39 is 0 Å². The molecule has 0 aliphatic heterocycles. The molecule has 0 amide bonds. The summed E-state index contributed by atoms with van der Waals surface area (Å²) in [7, 11) is 1.72. The predicted octanol–water partition coefficient (Wildman–Crippen LogP) is 4.14. The van der Waals surface area contributed by atoms with Crippen molar-refractivity contribution in [2.24, 2.45) is 0 Å². The van der Waals surface area contributed by atoms with Gasteiger partial charge in [0.1, 0.15) is 5.65 Å². The van der Waals surface area contributed by atoms with Crippen LogP contribution in [-0.2, 0) is 4.74 Å². The molecule has 2 N–H and O–H groups in total. The van der Waals surface area contributed by atoms with Gasteiger partial charge in [0.25, 0.3) is 0 Å². The molecule has 1 aliphatic rings. The summed E-state index contributed by atoms with van der Waals surface area (Å²) in [6.45, 7) is 0. The zero-order valence-corrected chi connectivity index (χ0v) is 13.2. The Kier molecular flexibility index (Phi) is 3.61. The van der Waals surface area contributed by atoms with Gasteiger partial charge in [-0.2, -0.15) is 5.10 Å². The van der Waals surface area contributed by atoms with Crippen molar-refractivity contribution in [2.45, 2.75) is 31.6 Å². The standard InChI is InChI=1S/C18H20N4O/c1-23-11-12-2-4-13(5-3-12)14-6-16-17(15-8-21-22-9-15)10-20-18(16)19-7-14/h6-11,13H,2-5H2,1H3,(H,19,20)(H,21,22). The molecule has 0 radical (unpaired) electrons. The van der Waals surface area contributed by atoms with Gasteiger partial charge in [0.05, 0.1) is 19.6 Å². The number of allylic oxidation sites excluding steroid dienone is 1. The molecule has 0 bridgehead atoms. The largest absolute Gasteiger partial charge is 0.504 e. The van der Waals surface area contributed by atoms with Crippen LogP contribution in [0.4, 0.5) is 0 Å². The quantitative estimate of drug-likeness (QED) is 0.715. The lowest BCUT2D eigenvalue weighted by atomic mass is 9.82. The van der Waals surface area contributed by atoms with Gasteiger partial charge < -0.3 is 9.72 Å². The van der Waals surface area contributed by atoms with Crippen LogP contribution in [0.1, 0.15) is 37.2 Å². The first-order valence-electron chi connectivity index (χ1n) is 8.02. The Bertz CT molecular complexity index is 822. The molecule has 3 aromatic rings. The molecule has 3 heterocycles. The number of aromatic amines is 2. The number of nitrogens with zero attached hydrogens (tertiary/aromatic N) is 2. The van der Waals surface area contributed by atoms with Crippen LogP contribution in [0.3, 0.4) is 0 Å². The maximum absolute atomic E-state index is 5.14. The highest BCUT2D eigenvalue weighted by atomic mass is 16.5. The van der Waals surface area contributed by atoms with Crippen molar-refractivity contribution in [3.05, 3.63) is 48.3 Å². The third-order valence-corrected chi connectivity index (χ3v) is 4.75. The summed E-state index contributed by atoms with van der Waals surface area (Å²) < 4.78 is 5.14. The second-order valence-electron chi connectivity index (χ2n) is 6.14. The van der Waals surface area contributed by atoms with Gasteiger partial charge in [0.15, 0.2) is 0 Å². The van der Waals surface area contributed by atoms with Crippen molar-refractivity contribution < 1.29 is 4.74 Å². The number of aromatic nitrogens is 4. The molecule has 0 spiro atoms. The van der Waals surface area contributed by atoms with Crippen molar-refractivity contribution in [2.75, 3.05) is 7.11 Å². The zero-order valence-electron chi connectivity index (χ0n) is 13.2. The van der Waals surface area contributed by atoms with Gasteiger partial charge in [0, 0.05) is 35.1 Å². The van der Waals surface area contributed by atoms with Crippen LogP contribution in [0.15, 0.2) is 42.7 Å². The van der Waals surface area contributed by atoms with E-state index in [0.29, 0.717) is 5.92 Å². The second kappa shape index (κ2) is 5.91. The molecule has 0 saturated heterocycles. The number of hydrogen-bond acceptors (Lipinski definition) is 3. The summed E-state index contributed by atoms with van der Waals surface area (Å²) in [4.78, 5) is 7.87. The van der Waals surface area contributed by atoms with Gasteiger partial charge in [-0.05, 0) is 48.8 Å². The molecule has 1 fully saturated rings. The number of pyridine rings is 1. The number of nitrogens with one attached hydrogen (secondary N) is 2. The van der Waals surface area contributed by atoms with Crippen LogP contribution in [0.25, 0.3) is 22.2 Å². The first-order chi connectivity index (χ1) is 11.3. The summed E-state index contributed by atoms with van der Waals surface area (Å²) >= 11 is 0. The van der Waals surface area contributed by atoms with Crippen molar-refractivity contribution in [3.8, 4) is 11.1 Å². The number of fused-ring (bicyclic) bond motifs is 1. The van der Waals surface area contributed by atoms with E-state index in [-0.39, 0.29) is 0 Å². The number of ether oxygens (including phenoxy) is 1. The summed E-state index contributed by atoms with van der Waals surface area (Å²) in [5.41, 5.74) is 5.92. The van der Waals surface area contributed by atoms with Crippen LogP contribution in [0, 0.1) is 0 Å². The Morgan fingerprint density at radius 2 is 2.09 bits per heavy atom. The second-order valence-corrected chi connectivity index (χ2v) is 6.14. The monoisotopic (exact) mass is 308 g/mol. The van der Waals surface area contributed by atoms with Crippen LogP contribution < -0.4 is 0 Å². The van der Waals surface area contributed by atoms with E-state index in [0.717, 1.165) is 42.5 Å². The first-order valence-corrected chi connectivity index (χ1v) is 8.02. The fourth-order valence-electron chi connectivity index (χ4n) is 3.49. The third kappa shape index (κ3) is 2.63. The van der Waals surface area contributed by atoms with Crippen molar-refractivity contribution in [1.29, 1.82) is 0 Å². The summed E-state index contributed by atoms with van der Waals surface area (Å²) in [5, 5.41) is 8.09. The molecule has 23 heavy (non-hydrogen) atoms. The summed E-state index contributed by atoms with van der Waals surface area (Å²) in [6.07, 6.45) is 14.2. The molecule has 1 aliphatic carbocycles. The van der Waals surface area contributed by atoms with Gasteiger partial charge in [-0.3, -0.25) is 5.10 Å². The molecule has 5 nitrogen and oxygen atoms in total. The lowest BCUT2D eigenvalue weighted by Crippen LogP contribution is -2.07. The highest BCUT2D eigenvalue weighted by molar-refractivity contribution is 5.93. The SMILES string of the molecule is COC=C1CCC(c2cnc3[nH]cc(-c4cn[nH]c4)c3c2)CC1. The fraction of sp³-hybridized carbons (Fsp3) is 0.333. The van der Waals surface area contributed by atoms with Crippen molar-refractivity contribution >= 4 is 11.0 Å². The Balaban J connectivity index is 1.64. The Morgan fingerprint density at radius 3 is 2.83 bits per heavy atom. The molecule has 0 atom stereocenters. The van der Waals surface area contributed by atoms with E-state index in [9.17, 15) is 0 Å². The smallest absolute Gasteiger partial charge is 0.137 e. The van der Waals surface area contributed by atoms with Crippen molar-refractivity contribution in [1.82, 2.24) is 20.2 Å². The highest BCUT2D eigenvalue weighted by Crippen LogP contribution is 2.37. The van der Waals surface area contributed by atoms with Gasteiger partial charge in [-0.1, -0.05) is 0 Å². The molecule has 118 valence electrons. The minimum Gasteiger partial charge on any atom is -0.504 e. The average molecular weight is 308 g/mol. The lowest BCUT2D eigenvalue weighted by Gasteiger charge is -2.23. The summed E-state index contributed by atoms with van der Waals surface area (Å²) in [6, 6.07) is 2.29. The van der Waals surface area contributed by atoms with Gasteiger partial charge in [-0.15, -0.1) is 0 Å². The number of rotatable bonds is 3. The van der Waals surface area contributed by atoms with Crippen LogP contribution in [0.5, 0.6) is 0 Å².